The van der Waals surface area contributed by atoms with Crippen LogP contribution in [0.2, 0.25) is 0 Å². The van der Waals surface area contributed by atoms with Crippen molar-refractivity contribution in [2.45, 2.75) is 13.0 Å². The third-order valence-electron chi connectivity index (χ3n) is 3.25. The second kappa shape index (κ2) is 5.76. The topological polar surface area (TPSA) is 85.2 Å². The maximum atomic E-state index is 9.03. The summed E-state index contributed by atoms with van der Waals surface area (Å²) in [5.74, 6) is 1.04. The van der Waals surface area contributed by atoms with E-state index < -0.39 is 0 Å². The molecule has 3 aromatic rings. The number of hydrogen-bond acceptors (Lipinski definition) is 5. The molecule has 0 bridgehead atoms. The summed E-state index contributed by atoms with van der Waals surface area (Å²) in [6.07, 6.45) is 2.30. The van der Waals surface area contributed by atoms with Gasteiger partial charge in [0.15, 0.2) is 5.76 Å². The number of nitrogens with zero attached hydrogens (tertiary/aromatic N) is 2. The second-order valence-electron chi connectivity index (χ2n) is 4.77. The van der Waals surface area contributed by atoms with Crippen molar-refractivity contribution < 1.29 is 9.63 Å². The Balaban J connectivity index is 1.80. The molecule has 0 unspecified atom stereocenters. The maximum Gasteiger partial charge on any atom is 0.170 e. The highest BCUT2D eigenvalue weighted by molar-refractivity contribution is 5.69. The van der Waals surface area contributed by atoms with Crippen molar-refractivity contribution in [2.75, 3.05) is 5.73 Å². The van der Waals surface area contributed by atoms with Gasteiger partial charge in [-0.3, -0.25) is 0 Å². The van der Waals surface area contributed by atoms with Crippen molar-refractivity contribution in [2.24, 2.45) is 0 Å². The van der Waals surface area contributed by atoms with Gasteiger partial charge in [-0.15, -0.1) is 0 Å². The van der Waals surface area contributed by atoms with E-state index in [4.69, 9.17) is 15.4 Å². The molecule has 5 nitrogen and oxygen atoms in total. The van der Waals surface area contributed by atoms with Crippen LogP contribution in [0.4, 0.5) is 5.82 Å². The summed E-state index contributed by atoms with van der Waals surface area (Å²) in [5, 5.41) is 13.1. The van der Waals surface area contributed by atoms with Crippen LogP contribution in [0.25, 0.3) is 11.3 Å². The predicted octanol–water partition coefficient (Wildman–Crippen LogP) is 2.40. The lowest BCUT2D eigenvalue weighted by atomic mass is 10.1. The average Bonchev–Trinajstić information content (AvgIpc) is 2.97. The Labute approximate surface area is 122 Å². The van der Waals surface area contributed by atoms with Crippen LogP contribution in [0.15, 0.2) is 53.2 Å². The van der Waals surface area contributed by atoms with Gasteiger partial charge < -0.3 is 15.4 Å². The molecule has 0 aliphatic heterocycles. The van der Waals surface area contributed by atoms with E-state index in [1.807, 2.05) is 42.5 Å². The van der Waals surface area contributed by atoms with Crippen molar-refractivity contribution in [3.8, 4) is 11.3 Å². The lowest BCUT2D eigenvalue weighted by molar-refractivity contribution is 0.282. The van der Waals surface area contributed by atoms with E-state index in [-0.39, 0.29) is 6.61 Å². The van der Waals surface area contributed by atoms with E-state index in [2.05, 4.69) is 10.1 Å². The van der Waals surface area contributed by atoms with Crippen LogP contribution in [-0.2, 0) is 13.0 Å². The van der Waals surface area contributed by atoms with E-state index in [0.717, 1.165) is 22.4 Å². The molecule has 3 N–H and O–H groups in total. The van der Waals surface area contributed by atoms with Crippen LogP contribution in [0.1, 0.15) is 16.8 Å². The molecule has 2 heterocycles. The fraction of sp³-hybridized carbons (Fsp3) is 0.125. The van der Waals surface area contributed by atoms with Crippen molar-refractivity contribution in [3.05, 3.63) is 65.5 Å². The number of rotatable bonds is 4. The molecular formula is C16H15N3O2. The van der Waals surface area contributed by atoms with Crippen molar-refractivity contribution in [1.29, 1.82) is 0 Å². The standard InChI is InChI=1S/C16H15N3O2/c17-16-14(2-1-7-18-16)15-9-13(19-21-15)8-11-3-5-12(10-20)6-4-11/h1-7,9,20H,8,10H2,(H2,17,18). The van der Waals surface area contributed by atoms with Gasteiger partial charge in [-0.05, 0) is 23.3 Å². The molecule has 0 atom stereocenters. The molecule has 106 valence electrons. The summed E-state index contributed by atoms with van der Waals surface area (Å²) < 4.78 is 5.34. The summed E-state index contributed by atoms with van der Waals surface area (Å²) in [6, 6.07) is 13.3. The van der Waals surface area contributed by atoms with Crippen LogP contribution < -0.4 is 5.73 Å². The van der Waals surface area contributed by atoms with E-state index >= 15 is 0 Å². The molecule has 5 heteroatoms. The first-order valence-electron chi connectivity index (χ1n) is 6.61. The molecule has 0 aliphatic rings. The number of aliphatic hydroxyl groups is 1. The van der Waals surface area contributed by atoms with Crippen LogP contribution in [0.3, 0.4) is 0 Å². The number of aromatic nitrogens is 2. The van der Waals surface area contributed by atoms with E-state index in [9.17, 15) is 0 Å². The zero-order valence-electron chi connectivity index (χ0n) is 11.4. The lowest BCUT2D eigenvalue weighted by Gasteiger charge is -1.99. The largest absolute Gasteiger partial charge is 0.392 e. The molecule has 0 fully saturated rings. The molecule has 21 heavy (non-hydrogen) atoms. The molecule has 0 radical (unpaired) electrons. The zero-order chi connectivity index (χ0) is 14.7. The van der Waals surface area contributed by atoms with Crippen LogP contribution in [0, 0.1) is 0 Å². The maximum absolute atomic E-state index is 9.03. The Kier molecular flexibility index (Phi) is 3.66. The molecule has 3 rings (SSSR count). The SMILES string of the molecule is Nc1ncccc1-c1cc(Cc2ccc(CO)cc2)no1. The Morgan fingerprint density at radius 1 is 1.10 bits per heavy atom. The Morgan fingerprint density at radius 2 is 1.86 bits per heavy atom. The molecular weight excluding hydrogens is 266 g/mol. The van der Waals surface area contributed by atoms with Gasteiger partial charge in [-0.2, -0.15) is 0 Å². The highest BCUT2D eigenvalue weighted by atomic mass is 16.5. The van der Waals surface area contributed by atoms with Crippen LogP contribution in [0.5, 0.6) is 0 Å². The highest BCUT2D eigenvalue weighted by Crippen LogP contribution is 2.25. The monoisotopic (exact) mass is 281 g/mol. The van der Waals surface area contributed by atoms with Gasteiger partial charge in [-0.25, -0.2) is 4.98 Å². The van der Waals surface area contributed by atoms with E-state index in [1.54, 1.807) is 6.20 Å². The first kappa shape index (κ1) is 13.3. The lowest BCUT2D eigenvalue weighted by Crippen LogP contribution is -1.92. The first-order chi connectivity index (χ1) is 10.3. The Morgan fingerprint density at radius 3 is 2.57 bits per heavy atom. The molecule has 0 spiro atoms. The zero-order valence-corrected chi connectivity index (χ0v) is 11.4. The highest BCUT2D eigenvalue weighted by Gasteiger charge is 2.10. The predicted molar refractivity (Wildman–Crippen MR) is 79.3 cm³/mol. The molecule has 2 aromatic heterocycles. The molecule has 0 saturated heterocycles. The first-order valence-corrected chi connectivity index (χ1v) is 6.61. The third kappa shape index (κ3) is 2.93. The van der Waals surface area contributed by atoms with Crippen LogP contribution in [-0.4, -0.2) is 15.2 Å². The van der Waals surface area contributed by atoms with E-state index in [1.165, 1.54) is 0 Å². The molecule has 1 aromatic carbocycles. The number of anilines is 1. The number of pyridine rings is 1. The van der Waals surface area contributed by atoms with Gasteiger partial charge in [0.2, 0.25) is 0 Å². The minimum atomic E-state index is 0.0503. The fourth-order valence-corrected chi connectivity index (χ4v) is 2.12. The van der Waals surface area contributed by atoms with Gasteiger partial charge in [0.1, 0.15) is 5.82 Å². The summed E-state index contributed by atoms with van der Waals surface area (Å²) in [7, 11) is 0. The Bertz CT molecular complexity index is 735. The van der Waals surface area contributed by atoms with Gasteiger partial charge in [0, 0.05) is 18.7 Å². The van der Waals surface area contributed by atoms with Gasteiger partial charge in [-0.1, -0.05) is 29.4 Å². The number of benzene rings is 1. The van der Waals surface area contributed by atoms with Gasteiger partial charge in [0.25, 0.3) is 0 Å². The summed E-state index contributed by atoms with van der Waals surface area (Å²) >= 11 is 0. The number of aliphatic hydroxyl groups excluding tert-OH is 1. The molecule has 0 amide bonds. The van der Waals surface area contributed by atoms with Crippen LogP contribution >= 0.6 is 0 Å². The molecule has 0 saturated carbocycles. The summed E-state index contributed by atoms with van der Waals surface area (Å²) in [4.78, 5) is 4.03. The summed E-state index contributed by atoms with van der Waals surface area (Å²) in [5.41, 5.74) is 9.38. The quantitative estimate of drug-likeness (QED) is 0.767. The minimum Gasteiger partial charge on any atom is -0.392 e. The number of hydrogen-bond donors (Lipinski definition) is 2. The van der Waals surface area contributed by atoms with E-state index in [0.29, 0.717) is 18.0 Å². The summed E-state index contributed by atoms with van der Waals surface area (Å²) in [6.45, 7) is 0.0503. The number of nitrogens with two attached hydrogens (primary N) is 1. The molecule has 0 aliphatic carbocycles. The third-order valence-corrected chi connectivity index (χ3v) is 3.25. The normalized spacial score (nSPS) is 10.7. The Hall–Kier alpha value is -2.66. The van der Waals surface area contributed by atoms with Gasteiger partial charge in [0.05, 0.1) is 17.9 Å². The fourth-order valence-electron chi connectivity index (χ4n) is 2.12. The smallest absolute Gasteiger partial charge is 0.170 e. The average molecular weight is 281 g/mol. The minimum absolute atomic E-state index is 0.0503. The van der Waals surface area contributed by atoms with Gasteiger partial charge >= 0.3 is 0 Å². The second-order valence-corrected chi connectivity index (χ2v) is 4.77. The van der Waals surface area contributed by atoms with Crippen molar-refractivity contribution >= 4 is 5.82 Å². The van der Waals surface area contributed by atoms with Crippen molar-refractivity contribution in [3.63, 3.8) is 0 Å². The van der Waals surface area contributed by atoms with Crippen molar-refractivity contribution in [1.82, 2.24) is 10.1 Å². The number of nitrogen functional groups attached to an aromatic ring is 1.